The van der Waals surface area contributed by atoms with Gasteiger partial charge in [0.05, 0.1) is 11.2 Å². The van der Waals surface area contributed by atoms with Gasteiger partial charge in [-0.1, -0.05) is 64.2 Å². The van der Waals surface area contributed by atoms with Crippen molar-refractivity contribution in [2.75, 3.05) is 0 Å². The Morgan fingerprint density at radius 3 is 1.20 bits per heavy atom. The average Bonchev–Trinajstić information content (AvgIpc) is 2.44. The van der Waals surface area contributed by atoms with Crippen LogP contribution in [-0.2, 0) is 0 Å². The van der Waals surface area contributed by atoms with E-state index in [0.29, 0.717) is 0 Å². The van der Waals surface area contributed by atoms with E-state index in [1.165, 1.54) is 51.4 Å². The first-order chi connectivity index (χ1) is 9.62. The Kier molecular flexibility index (Phi) is 6.35. The maximum Gasteiger partial charge on any atom is 0.0647 e. The van der Waals surface area contributed by atoms with Crippen LogP contribution in [0.1, 0.15) is 103 Å². The summed E-state index contributed by atoms with van der Waals surface area (Å²) < 4.78 is 0. The van der Waals surface area contributed by atoms with Gasteiger partial charge in [0.25, 0.3) is 0 Å². The molecule has 0 aromatic carbocycles. The van der Waals surface area contributed by atoms with Gasteiger partial charge in [-0.15, -0.1) is 0 Å². The van der Waals surface area contributed by atoms with E-state index >= 15 is 0 Å². The third-order valence-electron chi connectivity index (χ3n) is 5.60. The monoisotopic (exact) mass is 282 g/mol. The molecule has 2 aliphatic carbocycles. The molecule has 2 aliphatic rings. The zero-order valence-electron chi connectivity index (χ0n) is 13.2. The molecule has 0 atom stereocenters. The quantitative estimate of drug-likeness (QED) is 0.663. The standard InChI is InChI=1S/C18H34O2/c19-17(13-7-3-8-14-17)11-5-1-2-6-12-18(20)15-9-4-10-16-18/h19-20H,1-16H2. The second kappa shape index (κ2) is 7.79. The Morgan fingerprint density at radius 1 is 0.500 bits per heavy atom. The van der Waals surface area contributed by atoms with Crippen molar-refractivity contribution < 1.29 is 10.2 Å². The second-order valence-electron chi connectivity index (χ2n) is 7.48. The van der Waals surface area contributed by atoms with Crippen LogP contribution in [0, 0.1) is 0 Å². The van der Waals surface area contributed by atoms with E-state index in [1.807, 2.05) is 0 Å². The van der Waals surface area contributed by atoms with E-state index in [2.05, 4.69) is 0 Å². The highest BCUT2D eigenvalue weighted by Gasteiger charge is 2.29. The van der Waals surface area contributed by atoms with Gasteiger partial charge in [-0.05, 0) is 38.5 Å². The Morgan fingerprint density at radius 2 is 0.850 bits per heavy atom. The summed E-state index contributed by atoms with van der Waals surface area (Å²) in [7, 11) is 0. The fourth-order valence-electron chi connectivity index (χ4n) is 4.18. The van der Waals surface area contributed by atoms with Crippen molar-refractivity contribution in [1.29, 1.82) is 0 Å². The fraction of sp³-hybridized carbons (Fsp3) is 1.00. The molecule has 2 saturated carbocycles. The van der Waals surface area contributed by atoms with Crippen LogP contribution >= 0.6 is 0 Å². The van der Waals surface area contributed by atoms with Crippen molar-refractivity contribution in [3.8, 4) is 0 Å². The van der Waals surface area contributed by atoms with Crippen LogP contribution in [0.2, 0.25) is 0 Å². The first-order valence-corrected chi connectivity index (χ1v) is 9.07. The van der Waals surface area contributed by atoms with Crippen LogP contribution in [-0.4, -0.2) is 21.4 Å². The number of aliphatic hydroxyl groups is 2. The zero-order valence-corrected chi connectivity index (χ0v) is 13.2. The molecular weight excluding hydrogens is 248 g/mol. The van der Waals surface area contributed by atoms with E-state index in [0.717, 1.165) is 51.4 Å². The lowest BCUT2D eigenvalue weighted by Crippen LogP contribution is -2.31. The van der Waals surface area contributed by atoms with Crippen molar-refractivity contribution in [2.24, 2.45) is 0 Å². The van der Waals surface area contributed by atoms with Crippen LogP contribution in [0.4, 0.5) is 0 Å². The molecule has 2 heteroatoms. The number of rotatable bonds is 7. The highest BCUT2D eigenvalue weighted by Crippen LogP contribution is 2.34. The van der Waals surface area contributed by atoms with Crippen LogP contribution in [0.3, 0.4) is 0 Å². The molecule has 0 heterocycles. The normalized spacial score (nSPS) is 25.5. The van der Waals surface area contributed by atoms with E-state index < -0.39 is 0 Å². The highest BCUT2D eigenvalue weighted by molar-refractivity contribution is 4.83. The Bertz CT molecular complexity index is 235. The smallest absolute Gasteiger partial charge is 0.0647 e. The lowest BCUT2D eigenvalue weighted by molar-refractivity contribution is -0.00940. The van der Waals surface area contributed by atoms with Crippen molar-refractivity contribution in [1.82, 2.24) is 0 Å². The van der Waals surface area contributed by atoms with Crippen molar-refractivity contribution in [3.63, 3.8) is 0 Å². The van der Waals surface area contributed by atoms with Crippen LogP contribution in [0.5, 0.6) is 0 Å². The molecule has 118 valence electrons. The van der Waals surface area contributed by atoms with E-state index in [1.54, 1.807) is 0 Å². The summed E-state index contributed by atoms with van der Waals surface area (Å²) in [5.74, 6) is 0. The number of hydrogen-bond acceptors (Lipinski definition) is 2. The minimum Gasteiger partial charge on any atom is -0.390 e. The molecule has 20 heavy (non-hydrogen) atoms. The van der Waals surface area contributed by atoms with Gasteiger partial charge in [-0.25, -0.2) is 0 Å². The minimum absolute atomic E-state index is 0.334. The molecule has 0 unspecified atom stereocenters. The molecule has 2 nitrogen and oxygen atoms in total. The Balaban J connectivity index is 1.51. The molecule has 0 bridgehead atoms. The predicted molar refractivity (Wildman–Crippen MR) is 83.8 cm³/mol. The first-order valence-electron chi connectivity index (χ1n) is 9.07. The Labute approximate surface area is 125 Å². The molecule has 0 spiro atoms. The first kappa shape index (κ1) is 16.3. The highest BCUT2D eigenvalue weighted by atomic mass is 16.3. The number of hydrogen-bond donors (Lipinski definition) is 2. The molecule has 2 fully saturated rings. The summed E-state index contributed by atoms with van der Waals surface area (Å²) in [6, 6.07) is 0. The predicted octanol–water partition coefficient (Wildman–Crippen LogP) is 4.72. The van der Waals surface area contributed by atoms with Gasteiger partial charge in [0, 0.05) is 0 Å². The SMILES string of the molecule is OC1(CCCCCCC2(O)CCCCC2)CCCCC1. The third-order valence-corrected chi connectivity index (χ3v) is 5.60. The topological polar surface area (TPSA) is 40.5 Å². The average molecular weight is 282 g/mol. The summed E-state index contributed by atoms with van der Waals surface area (Å²) in [5.41, 5.74) is -0.667. The fourth-order valence-corrected chi connectivity index (χ4v) is 4.18. The maximum absolute atomic E-state index is 10.4. The summed E-state index contributed by atoms with van der Waals surface area (Å²) >= 11 is 0. The Hall–Kier alpha value is -0.0800. The third kappa shape index (κ3) is 5.37. The molecule has 0 radical (unpaired) electrons. The molecule has 0 aliphatic heterocycles. The molecule has 0 amide bonds. The zero-order chi connectivity index (χ0) is 14.3. The summed E-state index contributed by atoms with van der Waals surface area (Å²) in [4.78, 5) is 0. The lowest BCUT2D eigenvalue weighted by atomic mass is 9.80. The van der Waals surface area contributed by atoms with E-state index in [9.17, 15) is 10.2 Å². The van der Waals surface area contributed by atoms with Gasteiger partial charge in [0.1, 0.15) is 0 Å². The number of unbranched alkanes of at least 4 members (excludes halogenated alkanes) is 3. The van der Waals surface area contributed by atoms with Gasteiger partial charge < -0.3 is 10.2 Å². The van der Waals surface area contributed by atoms with Crippen LogP contribution in [0.15, 0.2) is 0 Å². The molecule has 2 rings (SSSR count). The largest absolute Gasteiger partial charge is 0.390 e. The van der Waals surface area contributed by atoms with Gasteiger partial charge in [0.2, 0.25) is 0 Å². The molecular formula is C18H34O2. The summed E-state index contributed by atoms with van der Waals surface area (Å²) in [6.45, 7) is 0. The van der Waals surface area contributed by atoms with Crippen molar-refractivity contribution in [3.05, 3.63) is 0 Å². The summed E-state index contributed by atoms with van der Waals surface area (Å²) in [6.07, 6.45) is 18.3. The minimum atomic E-state index is -0.334. The maximum atomic E-state index is 10.4. The van der Waals surface area contributed by atoms with E-state index in [-0.39, 0.29) is 11.2 Å². The lowest BCUT2D eigenvalue weighted by Gasteiger charge is -2.32. The van der Waals surface area contributed by atoms with Gasteiger partial charge in [-0.2, -0.15) is 0 Å². The van der Waals surface area contributed by atoms with E-state index in [4.69, 9.17) is 0 Å². The summed E-state index contributed by atoms with van der Waals surface area (Å²) in [5, 5.41) is 20.9. The molecule has 2 N–H and O–H groups in total. The van der Waals surface area contributed by atoms with Gasteiger partial charge in [-0.3, -0.25) is 0 Å². The van der Waals surface area contributed by atoms with Crippen molar-refractivity contribution in [2.45, 2.75) is 114 Å². The molecule has 0 aromatic rings. The second-order valence-corrected chi connectivity index (χ2v) is 7.48. The van der Waals surface area contributed by atoms with Crippen LogP contribution < -0.4 is 0 Å². The van der Waals surface area contributed by atoms with Gasteiger partial charge in [0.15, 0.2) is 0 Å². The van der Waals surface area contributed by atoms with Crippen LogP contribution in [0.25, 0.3) is 0 Å². The molecule has 0 saturated heterocycles. The molecule has 0 aromatic heterocycles. The van der Waals surface area contributed by atoms with Crippen molar-refractivity contribution >= 4 is 0 Å². The van der Waals surface area contributed by atoms with Gasteiger partial charge >= 0.3 is 0 Å².